The highest BCUT2D eigenvalue weighted by atomic mass is 32.2. The van der Waals surface area contributed by atoms with Crippen molar-refractivity contribution in [2.45, 2.75) is 23.8 Å². The Labute approximate surface area is 152 Å². The molecule has 132 valence electrons. The summed E-state index contributed by atoms with van der Waals surface area (Å²) in [7, 11) is 1.59. The summed E-state index contributed by atoms with van der Waals surface area (Å²) in [6.07, 6.45) is 3.27. The fraction of sp³-hybridized carbons (Fsp3) is 0.350. The summed E-state index contributed by atoms with van der Waals surface area (Å²) >= 11 is 1.74. The normalized spacial score (nSPS) is 15.5. The lowest BCUT2D eigenvalue weighted by atomic mass is 10.0. The molecule has 0 saturated heterocycles. The number of nitrogens with one attached hydrogen (secondary N) is 1. The van der Waals surface area contributed by atoms with Crippen molar-refractivity contribution < 1.29 is 14.3 Å². The van der Waals surface area contributed by atoms with E-state index in [1.807, 2.05) is 6.07 Å². The number of thioether (sulfide) groups is 1. The second-order valence-corrected chi connectivity index (χ2v) is 6.92. The first-order valence-corrected chi connectivity index (χ1v) is 9.61. The molecule has 4 nitrogen and oxygen atoms in total. The van der Waals surface area contributed by atoms with E-state index in [4.69, 9.17) is 9.47 Å². The summed E-state index contributed by atoms with van der Waals surface area (Å²) in [4.78, 5) is 12.9. The van der Waals surface area contributed by atoms with Gasteiger partial charge in [0.05, 0.1) is 13.2 Å². The third kappa shape index (κ3) is 4.55. The molecule has 2 aromatic rings. The zero-order chi connectivity index (χ0) is 17.6. The van der Waals surface area contributed by atoms with Crippen molar-refractivity contribution in [1.29, 1.82) is 0 Å². The van der Waals surface area contributed by atoms with E-state index in [2.05, 4.69) is 48.0 Å². The number of hydrogen-bond donors (Lipinski definition) is 1. The highest BCUT2D eigenvalue weighted by Crippen LogP contribution is 2.33. The van der Waals surface area contributed by atoms with Crippen LogP contribution in [-0.2, 0) is 16.0 Å². The van der Waals surface area contributed by atoms with Crippen LogP contribution in [-0.4, -0.2) is 38.5 Å². The van der Waals surface area contributed by atoms with Crippen LogP contribution in [0.1, 0.15) is 12.0 Å². The number of benzene rings is 2. The Morgan fingerprint density at radius 3 is 2.72 bits per heavy atom. The van der Waals surface area contributed by atoms with Crippen molar-refractivity contribution in [2.75, 3.05) is 26.5 Å². The molecule has 0 saturated carbocycles. The molecule has 1 aliphatic rings. The molecule has 2 aromatic carbocycles. The fourth-order valence-corrected chi connectivity index (χ4v) is 3.32. The number of carbonyl (C=O) groups is 1. The Morgan fingerprint density at radius 2 is 2.00 bits per heavy atom. The topological polar surface area (TPSA) is 47.6 Å². The predicted octanol–water partition coefficient (Wildman–Crippen LogP) is 3.53. The van der Waals surface area contributed by atoms with Crippen LogP contribution in [0, 0.1) is 0 Å². The van der Waals surface area contributed by atoms with E-state index in [1.165, 1.54) is 21.6 Å². The number of rotatable bonds is 7. The predicted molar refractivity (Wildman–Crippen MR) is 101 cm³/mol. The average molecular weight is 357 g/mol. The summed E-state index contributed by atoms with van der Waals surface area (Å²) in [5.41, 5.74) is 3.60. The summed E-state index contributed by atoms with van der Waals surface area (Å²) in [5, 5.41) is 2.91. The van der Waals surface area contributed by atoms with Crippen LogP contribution in [0.4, 0.5) is 0 Å². The molecule has 0 aromatic heterocycles. The number of carbonyl (C=O) groups excluding carboxylic acids is 1. The van der Waals surface area contributed by atoms with Gasteiger partial charge in [0.15, 0.2) is 0 Å². The van der Waals surface area contributed by atoms with E-state index in [0.717, 1.165) is 12.2 Å². The van der Waals surface area contributed by atoms with Gasteiger partial charge in [-0.15, -0.1) is 11.8 Å². The molecule has 0 fully saturated rings. The van der Waals surface area contributed by atoms with Gasteiger partial charge in [0, 0.05) is 24.8 Å². The molecule has 0 unspecified atom stereocenters. The third-order valence-corrected chi connectivity index (χ3v) is 5.03. The zero-order valence-corrected chi connectivity index (χ0v) is 15.4. The van der Waals surface area contributed by atoms with Crippen molar-refractivity contribution in [3.63, 3.8) is 0 Å². The van der Waals surface area contributed by atoms with Gasteiger partial charge in [-0.25, -0.2) is 0 Å². The standard InChI is InChI=1S/C20H23NO3S/c1-23-10-9-20(22)21-13-17-12-16-11-15(5-8-19(16)24-17)14-3-6-18(25-2)7-4-14/h3-8,11,17H,9-10,12-13H2,1-2H3,(H,21,22)/t17-/m1/s1. The first-order valence-electron chi connectivity index (χ1n) is 8.39. The Balaban J connectivity index is 1.61. The molecule has 0 radical (unpaired) electrons. The lowest BCUT2D eigenvalue weighted by molar-refractivity contribution is -0.122. The van der Waals surface area contributed by atoms with Crippen LogP contribution in [0.15, 0.2) is 47.4 Å². The monoisotopic (exact) mass is 357 g/mol. The number of fused-ring (bicyclic) bond motifs is 1. The third-order valence-electron chi connectivity index (χ3n) is 4.29. The van der Waals surface area contributed by atoms with Crippen molar-refractivity contribution >= 4 is 17.7 Å². The quantitative estimate of drug-likeness (QED) is 0.770. The van der Waals surface area contributed by atoms with Crippen LogP contribution in [0.25, 0.3) is 11.1 Å². The second-order valence-electron chi connectivity index (χ2n) is 6.04. The Hall–Kier alpha value is -1.98. The molecule has 3 rings (SSSR count). The highest BCUT2D eigenvalue weighted by molar-refractivity contribution is 7.98. The van der Waals surface area contributed by atoms with Gasteiger partial charge in [-0.1, -0.05) is 18.2 Å². The van der Waals surface area contributed by atoms with E-state index in [1.54, 1.807) is 18.9 Å². The fourth-order valence-electron chi connectivity index (χ4n) is 2.91. The first-order chi connectivity index (χ1) is 12.2. The lowest BCUT2D eigenvalue weighted by Gasteiger charge is -2.11. The molecular weight excluding hydrogens is 334 g/mol. The summed E-state index contributed by atoms with van der Waals surface area (Å²) in [6.45, 7) is 0.964. The molecule has 1 heterocycles. The SMILES string of the molecule is COCCC(=O)NC[C@H]1Cc2cc(-c3ccc(SC)cc3)ccc2O1. The number of amides is 1. The minimum absolute atomic E-state index is 0.00372. The molecule has 1 atom stereocenters. The Kier molecular flexibility index (Phi) is 6.00. The maximum Gasteiger partial charge on any atom is 0.222 e. The summed E-state index contributed by atoms with van der Waals surface area (Å²) < 4.78 is 10.9. The average Bonchev–Trinajstić information content (AvgIpc) is 3.06. The Morgan fingerprint density at radius 1 is 1.24 bits per heavy atom. The van der Waals surface area contributed by atoms with Crippen molar-refractivity contribution in [3.05, 3.63) is 48.0 Å². The van der Waals surface area contributed by atoms with Crippen molar-refractivity contribution in [3.8, 4) is 16.9 Å². The lowest BCUT2D eigenvalue weighted by Crippen LogP contribution is -2.34. The van der Waals surface area contributed by atoms with Gasteiger partial charge < -0.3 is 14.8 Å². The number of ether oxygens (including phenoxy) is 2. The van der Waals surface area contributed by atoms with Crippen LogP contribution in [0.2, 0.25) is 0 Å². The van der Waals surface area contributed by atoms with E-state index in [0.29, 0.717) is 19.6 Å². The number of hydrogen-bond acceptors (Lipinski definition) is 4. The van der Waals surface area contributed by atoms with Crippen LogP contribution >= 0.6 is 11.8 Å². The van der Waals surface area contributed by atoms with E-state index in [-0.39, 0.29) is 12.0 Å². The molecule has 1 N–H and O–H groups in total. The maximum atomic E-state index is 11.7. The minimum Gasteiger partial charge on any atom is -0.488 e. The maximum absolute atomic E-state index is 11.7. The molecular formula is C20H23NO3S. The molecule has 1 aliphatic heterocycles. The van der Waals surface area contributed by atoms with Gasteiger partial charge in [0.1, 0.15) is 11.9 Å². The first kappa shape index (κ1) is 17.8. The van der Waals surface area contributed by atoms with Gasteiger partial charge in [0.25, 0.3) is 0 Å². The molecule has 25 heavy (non-hydrogen) atoms. The van der Waals surface area contributed by atoms with Crippen LogP contribution in [0.3, 0.4) is 0 Å². The highest BCUT2D eigenvalue weighted by Gasteiger charge is 2.23. The van der Waals surface area contributed by atoms with E-state index in [9.17, 15) is 4.79 Å². The van der Waals surface area contributed by atoms with Gasteiger partial charge in [0.2, 0.25) is 5.91 Å². The molecule has 0 bridgehead atoms. The zero-order valence-electron chi connectivity index (χ0n) is 14.6. The van der Waals surface area contributed by atoms with Crippen LogP contribution in [0.5, 0.6) is 5.75 Å². The van der Waals surface area contributed by atoms with Crippen LogP contribution < -0.4 is 10.1 Å². The van der Waals surface area contributed by atoms with Crippen molar-refractivity contribution in [1.82, 2.24) is 5.32 Å². The second kappa shape index (κ2) is 8.41. The van der Waals surface area contributed by atoms with E-state index >= 15 is 0 Å². The molecule has 5 heteroatoms. The Bertz CT molecular complexity index is 730. The molecule has 1 amide bonds. The summed E-state index contributed by atoms with van der Waals surface area (Å²) in [5.74, 6) is 0.914. The van der Waals surface area contributed by atoms with Gasteiger partial charge >= 0.3 is 0 Å². The number of methoxy groups -OCH3 is 1. The molecule has 0 aliphatic carbocycles. The largest absolute Gasteiger partial charge is 0.488 e. The van der Waals surface area contributed by atoms with Crippen molar-refractivity contribution in [2.24, 2.45) is 0 Å². The smallest absolute Gasteiger partial charge is 0.222 e. The van der Waals surface area contributed by atoms with E-state index < -0.39 is 0 Å². The summed E-state index contributed by atoms with van der Waals surface area (Å²) in [6, 6.07) is 14.9. The van der Waals surface area contributed by atoms with Gasteiger partial charge in [-0.05, 0) is 47.2 Å². The van der Waals surface area contributed by atoms with Gasteiger partial charge in [-0.2, -0.15) is 0 Å². The molecule has 0 spiro atoms. The van der Waals surface area contributed by atoms with Gasteiger partial charge in [-0.3, -0.25) is 4.79 Å². The minimum atomic E-state index is -0.00406.